The van der Waals surface area contributed by atoms with Crippen LogP contribution in [0.4, 0.5) is 5.00 Å². The zero-order valence-electron chi connectivity index (χ0n) is 9.23. The predicted octanol–water partition coefficient (Wildman–Crippen LogP) is 0.314. The van der Waals surface area contributed by atoms with Crippen LogP contribution in [0.3, 0.4) is 0 Å². The minimum Gasteiger partial charge on any atom is -0.481 e. The highest BCUT2D eigenvalue weighted by Gasteiger charge is 2.24. The third kappa shape index (κ3) is 4.03. The Morgan fingerprint density at radius 2 is 2.05 bits per heavy atom. The van der Waals surface area contributed by atoms with Gasteiger partial charge in [0, 0.05) is 11.4 Å². The second kappa shape index (κ2) is 5.91. The van der Waals surface area contributed by atoms with Crippen molar-refractivity contribution in [2.45, 2.75) is 12.5 Å². The maximum absolute atomic E-state index is 11.6. The Labute approximate surface area is 109 Å². The zero-order chi connectivity index (χ0) is 14.6. The van der Waals surface area contributed by atoms with E-state index in [1.54, 1.807) is 0 Å². The average molecular weight is 288 g/mol. The van der Waals surface area contributed by atoms with Gasteiger partial charge in [0.1, 0.15) is 6.04 Å². The summed E-state index contributed by atoms with van der Waals surface area (Å²) in [6, 6.07) is -0.608. The molecule has 1 heterocycles. The van der Waals surface area contributed by atoms with Crippen LogP contribution in [0.2, 0.25) is 0 Å². The molecule has 0 fully saturated rings. The summed E-state index contributed by atoms with van der Waals surface area (Å²) in [7, 11) is 0. The summed E-state index contributed by atoms with van der Waals surface area (Å²) >= 11 is 0.712. The molecule has 1 aromatic heterocycles. The van der Waals surface area contributed by atoms with Gasteiger partial charge in [0.25, 0.3) is 5.91 Å². The molecule has 9 nitrogen and oxygen atoms in total. The van der Waals surface area contributed by atoms with E-state index in [-0.39, 0.29) is 10.6 Å². The highest BCUT2D eigenvalue weighted by atomic mass is 32.1. The van der Waals surface area contributed by atoms with Crippen molar-refractivity contribution in [1.29, 1.82) is 0 Å². The number of carboxylic acids is 2. The van der Waals surface area contributed by atoms with Crippen molar-refractivity contribution in [2.24, 2.45) is 0 Å². The highest BCUT2D eigenvalue weighted by molar-refractivity contribution is 7.13. The number of carbonyl (C=O) groups excluding carboxylic acids is 1. The summed E-state index contributed by atoms with van der Waals surface area (Å²) in [4.78, 5) is 42.5. The van der Waals surface area contributed by atoms with Gasteiger partial charge in [0.05, 0.1) is 16.9 Å². The van der Waals surface area contributed by atoms with Gasteiger partial charge in [-0.1, -0.05) is 11.3 Å². The summed E-state index contributed by atoms with van der Waals surface area (Å²) in [6.45, 7) is 0. The van der Waals surface area contributed by atoms with E-state index in [1.165, 1.54) is 5.38 Å². The van der Waals surface area contributed by atoms with Gasteiger partial charge in [-0.2, -0.15) is 0 Å². The Morgan fingerprint density at radius 1 is 1.42 bits per heavy atom. The van der Waals surface area contributed by atoms with Crippen molar-refractivity contribution in [3.05, 3.63) is 27.1 Å². The van der Waals surface area contributed by atoms with Crippen LogP contribution < -0.4 is 5.32 Å². The van der Waals surface area contributed by atoms with Gasteiger partial charge in [-0.25, -0.2) is 4.79 Å². The molecule has 1 amide bonds. The summed E-state index contributed by atoms with van der Waals surface area (Å²) < 4.78 is 0. The van der Waals surface area contributed by atoms with Crippen LogP contribution in [0.5, 0.6) is 0 Å². The molecule has 0 radical (unpaired) electrons. The number of nitrogens with zero attached hydrogens (tertiary/aromatic N) is 1. The Kier molecular flexibility index (Phi) is 4.53. The Balaban J connectivity index is 2.78. The fourth-order valence-electron chi connectivity index (χ4n) is 1.16. The molecule has 10 heteroatoms. The molecular formula is C9H8N2O7S. The van der Waals surface area contributed by atoms with Crippen molar-refractivity contribution >= 4 is 34.2 Å². The van der Waals surface area contributed by atoms with E-state index in [2.05, 4.69) is 0 Å². The first-order valence-corrected chi connectivity index (χ1v) is 5.67. The molecule has 0 spiro atoms. The van der Waals surface area contributed by atoms with Gasteiger partial charge in [0.2, 0.25) is 0 Å². The highest BCUT2D eigenvalue weighted by Crippen LogP contribution is 2.22. The van der Waals surface area contributed by atoms with E-state index >= 15 is 0 Å². The Bertz CT molecular complexity index is 538. The number of hydrogen-bond acceptors (Lipinski definition) is 6. The fraction of sp³-hybridized carbons (Fsp3) is 0.222. The average Bonchev–Trinajstić information content (AvgIpc) is 2.76. The van der Waals surface area contributed by atoms with E-state index in [9.17, 15) is 24.5 Å². The Morgan fingerprint density at radius 3 is 2.47 bits per heavy atom. The first-order valence-electron chi connectivity index (χ1n) is 4.79. The van der Waals surface area contributed by atoms with Crippen LogP contribution in [0.15, 0.2) is 11.4 Å². The lowest BCUT2D eigenvalue weighted by atomic mass is 10.2. The molecular weight excluding hydrogens is 280 g/mol. The van der Waals surface area contributed by atoms with Crippen LogP contribution in [0.25, 0.3) is 0 Å². The second-order valence-electron chi connectivity index (χ2n) is 3.39. The van der Waals surface area contributed by atoms with Crippen LogP contribution in [0, 0.1) is 10.1 Å². The predicted molar refractivity (Wildman–Crippen MR) is 62.1 cm³/mol. The Hall–Kier alpha value is -2.49. The summed E-state index contributed by atoms with van der Waals surface area (Å²) in [5.41, 5.74) is -0.0895. The number of nitrogens with one attached hydrogen (secondary N) is 1. The molecule has 0 saturated carbocycles. The molecule has 0 aliphatic heterocycles. The molecule has 0 aliphatic carbocycles. The number of rotatable bonds is 6. The molecule has 0 bridgehead atoms. The van der Waals surface area contributed by atoms with Gasteiger partial charge in [-0.15, -0.1) is 0 Å². The second-order valence-corrected chi connectivity index (χ2v) is 4.28. The third-order valence-corrected chi connectivity index (χ3v) is 2.89. The number of hydrogen-bond donors (Lipinski definition) is 3. The van der Waals surface area contributed by atoms with Crippen LogP contribution in [-0.4, -0.2) is 39.0 Å². The lowest BCUT2D eigenvalue weighted by Crippen LogP contribution is -2.42. The van der Waals surface area contributed by atoms with Crippen LogP contribution >= 0.6 is 11.3 Å². The van der Waals surface area contributed by atoms with Gasteiger partial charge >= 0.3 is 16.9 Å². The summed E-state index contributed by atoms with van der Waals surface area (Å²) in [5.74, 6) is -3.76. The smallest absolute Gasteiger partial charge is 0.326 e. The van der Waals surface area contributed by atoms with Gasteiger partial charge in [-0.05, 0) is 0 Å². The number of amides is 1. The topological polar surface area (TPSA) is 147 Å². The van der Waals surface area contributed by atoms with Gasteiger partial charge in [0.15, 0.2) is 0 Å². The zero-order valence-corrected chi connectivity index (χ0v) is 10.0. The van der Waals surface area contributed by atoms with Crippen molar-refractivity contribution in [2.75, 3.05) is 0 Å². The maximum atomic E-state index is 11.6. The molecule has 1 atom stereocenters. The number of thiophene rings is 1. The number of aliphatic carboxylic acids is 2. The van der Waals surface area contributed by atoms with Gasteiger partial charge < -0.3 is 15.5 Å². The van der Waals surface area contributed by atoms with E-state index < -0.39 is 35.2 Å². The SMILES string of the molecule is O=C(O)C[C@H](NC(=O)c1csc([N+](=O)[O-])c1)C(=O)O. The molecule has 0 aliphatic rings. The molecule has 0 saturated heterocycles. The monoisotopic (exact) mass is 288 g/mol. The molecule has 0 unspecified atom stereocenters. The van der Waals surface area contributed by atoms with Crippen LogP contribution in [-0.2, 0) is 9.59 Å². The fourth-order valence-corrected chi connectivity index (χ4v) is 1.86. The van der Waals surface area contributed by atoms with Crippen molar-refractivity contribution in [3.63, 3.8) is 0 Å². The van der Waals surface area contributed by atoms with E-state index in [1.807, 2.05) is 5.32 Å². The number of carbonyl (C=O) groups is 3. The third-order valence-electron chi connectivity index (χ3n) is 2.01. The molecule has 1 rings (SSSR count). The van der Waals surface area contributed by atoms with E-state index in [0.717, 1.165) is 6.07 Å². The van der Waals surface area contributed by atoms with Crippen LogP contribution in [0.1, 0.15) is 16.8 Å². The minimum absolute atomic E-state index is 0.0895. The quantitative estimate of drug-likeness (QED) is 0.504. The lowest BCUT2D eigenvalue weighted by molar-refractivity contribution is -0.380. The molecule has 3 N–H and O–H groups in total. The first kappa shape index (κ1) is 14.6. The molecule has 0 aromatic carbocycles. The molecule has 102 valence electrons. The van der Waals surface area contributed by atoms with E-state index in [0.29, 0.717) is 11.3 Å². The normalized spacial score (nSPS) is 11.6. The van der Waals surface area contributed by atoms with Crippen molar-refractivity contribution in [3.8, 4) is 0 Å². The molecule has 1 aromatic rings. The van der Waals surface area contributed by atoms with E-state index in [4.69, 9.17) is 10.2 Å². The van der Waals surface area contributed by atoms with Gasteiger partial charge in [-0.3, -0.25) is 19.7 Å². The summed E-state index contributed by atoms with van der Waals surface area (Å²) in [5, 5.41) is 30.5. The minimum atomic E-state index is -1.59. The van der Waals surface area contributed by atoms with Crippen molar-refractivity contribution < 1.29 is 29.5 Å². The number of nitro groups is 1. The van der Waals surface area contributed by atoms with Crippen molar-refractivity contribution in [1.82, 2.24) is 5.32 Å². The largest absolute Gasteiger partial charge is 0.481 e. The summed E-state index contributed by atoms with van der Waals surface area (Å²) in [6.07, 6.45) is -0.784. The standard InChI is InChI=1S/C9H8N2O7S/c12-7(13)2-5(9(15)16)10-8(14)4-1-6(11(17)18)19-3-4/h1,3,5H,2H2,(H,10,14)(H,12,13)(H,15,16)/t5-/m0/s1. The first-order chi connectivity index (χ1) is 8.81. The number of carboxylic acid groups (broad SMARTS) is 2. The molecule has 19 heavy (non-hydrogen) atoms. The maximum Gasteiger partial charge on any atom is 0.326 e. The lowest BCUT2D eigenvalue weighted by Gasteiger charge is -2.11.